The molecule has 0 aliphatic carbocycles. The SMILES string of the molecule is CC(C)NC(=O)N(C)C[C@@H]1OCCCC[C@@H](C)Oc2ccc(NS(=O)(=O)c3ccc(Cl)cc3)cc2C(=O)N([C@@H](C)CO)C[C@@H]1C. The molecule has 2 aromatic rings. The van der Waals surface area contributed by atoms with Crippen molar-refractivity contribution < 1.29 is 32.6 Å². The second-order valence-corrected chi connectivity index (χ2v) is 14.2. The summed E-state index contributed by atoms with van der Waals surface area (Å²) >= 11 is 5.93. The molecule has 13 heteroatoms. The van der Waals surface area contributed by atoms with Gasteiger partial charge in [-0.3, -0.25) is 9.52 Å². The van der Waals surface area contributed by atoms with Crippen LogP contribution >= 0.6 is 11.6 Å². The van der Waals surface area contributed by atoms with Crippen molar-refractivity contribution in [3.63, 3.8) is 0 Å². The number of urea groups is 1. The molecule has 0 fully saturated rings. The summed E-state index contributed by atoms with van der Waals surface area (Å²) in [7, 11) is -2.27. The van der Waals surface area contributed by atoms with Gasteiger partial charge in [-0.1, -0.05) is 18.5 Å². The van der Waals surface area contributed by atoms with Gasteiger partial charge in [-0.15, -0.1) is 0 Å². The fourth-order valence-electron chi connectivity index (χ4n) is 4.99. The molecule has 0 saturated carbocycles. The van der Waals surface area contributed by atoms with Gasteiger partial charge >= 0.3 is 6.03 Å². The number of nitrogens with zero attached hydrogens (tertiary/aromatic N) is 2. The molecule has 0 aromatic heterocycles. The monoisotopic (exact) mass is 666 g/mol. The van der Waals surface area contributed by atoms with Crippen LogP contribution in [-0.2, 0) is 14.8 Å². The van der Waals surface area contributed by atoms with Gasteiger partial charge in [0.15, 0.2) is 0 Å². The van der Waals surface area contributed by atoms with E-state index in [1.165, 1.54) is 30.3 Å². The number of aliphatic hydroxyl groups is 1. The third kappa shape index (κ3) is 10.5. The standard InChI is InChI=1S/C32H47ClN4O7S/c1-21(2)34-32(40)36(6)19-30-22(3)18-37(23(4)20-38)31(39)28-17-26(35-45(41,42)27-13-10-25(33)11-14-27)12-15-29(28)44-24(5)9-7-8-16-43-30/h10-15,17,21-24,30,35,38H,7-9,16,18-20H2,1-6H3,(H,34,40)/t22-,23-,24+,30-/m0/s1. The van der Waals surface area contributed by atoms with E-state index < -0.39 is 22.0 Å². The number of benzene rings is 2. The van der Waals surface area contributed by atoms with Gasteiger partial charge in [0.2, 0.25) is 0 Å². The highest BCUT2D eigenvalue weighted by atomic mass is 35.5. The highest BCUT2D eigenvalue weighted by Crippen LogP contribution is 2.29. The number of nitrogens with one attached hydrogen (secondary N) is 2. The number of ether oxygens (including phenoxy) is 2. The fourth-order valence-corrected chi connectivity index (χ4v) is 6.16. The van der Waals surface area contributed by atoms with Crippen LogP contribution < -0.4 is 14.8 Å². The lowest BCUT2D eigenvalue weighted by atomic mass is 10.0. The average Bonchev–Trinajstić information content (AvgIpc) is 2.98. The van der Waals surface area contributed by atoms with Crippen molar-refractivity contribution in [1.82, 2.24) is 15.1 Å². The van der Waals surface area contributed by atoms with Crippen LogP contribution in [0.4, 0.5) is 10.5 Å². The molecular weight excluding hydrogens is 620 g/mol. The first-order valence-electron chi connectivity index (χ1n) is 15.4. The number of carbonyl (C=O) groups is 2. The Morgan fingerprint density at radius 1 is 1.13 bits per heavy atom. The lowest BCUT2D eigenvalue weighted by Gasteiger charge is -2.36. The summed E-state index contributed by atoms with van der Waals surface area (Å²) in [5.74, 6) is -0.338. The van der Waals surface area contributed by atoms with Crippen molar-refractivity contribution in [2.75, 3.05) is 38.1 Å². The Morgan fingerprint density at radius 2 is 1.82 bits per heavy atom. The average molecular weight is 667 g/mol. The van der Waals surface area contributed by atoms with Crippen LogP contribution in [0, 0.1) is 5.92 Å². The molecule has 1 aliphatic heterocycles. The predicted molar refractivity (Wildman–Crippen MR) is 175 cm³/mol. The van der Waals surface area contributed by atoms with E-state index in [4.69, 9.17) is 21.1 Å². The number of aliphatic hydroxyl groups excluding tert-OH is 1. The molecule has 0 spiro atoms. The maximum atomic E-state index is 14.3. The molecule has 0 radical (unpaired) electrons. The van der Waals surface area contributed by atoms with Gasteiger partial charge in [0.05, 0.1) is 35.3 Å². The van der Waals surface area contributed by atoms with Crippen LogP contribution in [0.3, 0.4) is 0 Å². The quantitative estimate of drug-likeness (QED) is 0.361. The van der Waals surface area contributed by atoms with Gasteiger partial charge in [-0.2, -0.15) is 0 Å². The van der Waals surface area contributed by atoms with E-state index in [0.29, 0.717) is 30.3 Å². The van der Waals surface area contributed by atoms with Crippen molar-refractivity contribution in [3.8, 4) is 5.75 Å². The Hall–Kier alpha value is -3.06. The Morgan fingerprint density at radius 3 is 2.47 bits per heavy atom. The molecule has 1 heterocycles. The van der Waals surface area contributed by atoms with Gasteiger partial charge in [0.25, 0.3) is 15.9 Å². The summed E-state index contributed by atoms with van der Waals surface area (Å²) in [5.41, 5.74) is 0.340. The van der Waals surface area contributed by atoms with E-state index in [-0.39, 0.29) is 59.5 Å². The topological polar surface area (TPSA) is 138 Å². The van der Waals surface area contributed by atoms with E-state index in [0.717, 1.165) is 12.8 Å². The largest absolute Gasteiger partial charge is 0.490 e. The highest BCUT2D eigenvalue weighted by molar-refractivity contribution is 7.92. The number of sulfonamides is 1. The number of fused-ring (bicyclic) bond motifs is 1. The summed E-state index contributed by atoms with van der Waals surface area (Å²) in [6.07, 6.45) is 1.69. The Labute approximate surface area is 272 Å². The van der Waals surface area contributed by atoms with Crippen LogP contribution in [-0.4, -0.2) is 92.9 Å². The second kappa shape index (κ2) is 16.5. The first-order chi connectivity index (χ1) is 21.2. The number of anilines is 1. The van der Waals surface area contributed by atoms with Gasteiger partial charge in [0.1, 0.15) is 5.75 Å². The number of hydrogen-bond donors (Lipinski definition) is 3. The Kier molecular flexibility index (Phi) is 13.3. The Bertz CT molecular complexity index is 1390. The minimum Gasteiger partial charge on any atom is -0.490 e. The van der Waals surface area contributed by atoms with Crippen molar-refractivity contribution >= 4 is 39.2 Å². The van der Waals surface area contributed by atoms with Crippen molar-refractivity contribution in [2.45, 2.75) is 83.1 Å². The van der Waals surface area contributed by atoms with E-state index in [2.05, 4.69) is 10.0 Å². The normalized spacial score (nSPS) is 20.9. The van der Waals surface area contributed by atoms with Crippen LogP contribution in [0.5, 0.6) is 5.75 Å². The zero-order valence-corrected chi connectivity index (χ0v) is 28.5. The maximum Gasteiger partial charge on any atom is 0.317 e. The molecular formula is C32H47ClN4O7S. The molecule has 0 unspecified atom stereocenters. The molecule has 1 aliphatic rings. The summed E-state index contributed by atoms with van der Waals surface area (Å²) in [4.78, 5) is 30.1. The summed E-state index contributed by atoms with van der Waals surface area (Å²) in [6, 6.07) is 9.56. The minimum atomic E-state index is -3.98. The maximum absolute atomic E-state index is 14.3. The molecule has 3 N–H and O–H groups in total. The zero-order chi connectivity index (χ0) is 33.3. The van der Waals surface area contributed by atoms with Crippen LogP contribution in [0.25, 0.3) is 0 Å². The van der Waals surface area contributed by atoms with Crippen molar-refractivity contribution in [1.29, 1.82) is 0 Å². The Balaban J connectivity index is 1.98. The molecule has 0 bridgehead atoms. The van der Waals surface area contributed by atoms with Crippen molar-refractivity contribution in [3.05, 3.63) is 53.1 Å². The molecule has 11 nitrogen and oxygen atoms in total. The number of carbonyl (C=O) groups excluding carboxylic acids is 2. The number of hydrogen-bond acceptors (Lipinski definition) is 7. The predicted octanol–water partition coefficient (Wildman–Crippen LogP) is 4.99. The zero-order valence-electron chi connectivity index (χ0n) is 27.0. The summed E-state index contributed by atoms with van der Waals surface area (Å²) in [6.45, 7) is 10.1. The number of amides is 3. The lowest BCUT2D eigenvalue weighted by Crippen LogP contribution is -2.49. The fraction of sp³-hybridized carbons (Fsp3) is 0.562. The summed E-state index contributed by atoms with van der Waals surface area (Å²) in [5, 5.41) is 13.4. The third-order valence-corrected chi connectivity index (χ3v) is 9.29. The highest BCUT2D eigenvalue weighted by Gasteiger charge is 2.31. The third-order valence-electron chi connectivity index (χ3n) is 7.64. The molecule has 0 saturated heterocycles. The number of likely N-dealkylation sites (N-methyl/N-ethyl adjacent to an activating group) is 1. The van der Waals surface area contributed by atoms with Gasteiger partial charge in [-0.05, 0) is 89.4 Å². The molecule has 3 rings (SSSR count). The van der Waals surface area contributed by atoms with Crippen LogP contribution in [0.2, 0.25) is 5.02 Å². The van der Waals surface area contributed by atoms with Gasteiger partial charge in [-0.25, -0.2) is 13.2 Å². The van der Waals surface area contributed by atoms with Crippen LogP contribution in [0.15, 0.2) is 47.4 Å². The number of rotatable bonds is 8. The lowest BCUT2D eigenvalue weighted by molar-refractivity contribution is -0.0122. The molecule has 2 aromatic carbocycles. The van der Waals surface area contributed by atoms with E-state index in [1.54, 1.807) is 35.9 Å². The second-order valence-electron chi connectivity index (χ2n) is 12.1. The van der Waals surface area contributed by atoms with E-state index >= 15 is 0 Å². The molecule has 3 amide bonds. The first-order valence-corrected chi connectivity index (χ1v) is 17.2. The van der Waals surface area contributed by atoms with E-state index in [1.807, 2.05) is 27.7 Å². The molecule has 4 atom stereocenters. The number of halogens is 1. The van der Waals surface area contributed by atoms with Crippen LogP contribution in [0.1, 0.15) is 64.2 Å². The molecule has 250 valence electrons. The first kappa shape index (κ1) is 36.4. The van der Waals surface area contributed by atoms with Gasteiger partial charge < -0.3 is 29.7 Å². The van der Waals surface area contributed by atoms with E-state index in [9.17, 15) is 23.1 Å². The smallest absolute Gasteiger partial charge is 0.317 e. The molecule has 45 heavy (non-hydrogen) atoms. The summed E-state index contributed by atoms with van der Waals surface area (Å²) < 4.78 is 41.3. The van der Waals surface area contributed by atoms with Gasteiger partial charge in [0, 0.05) is 49.4 Å². The minimum absolute atomic E-state index is 0.0191. The van der Waals surface area contributed by atoms with Crippen molar-refractivity contribution in [2.24, 2.45) is 5.92 Å².